The van der Waals surface area contributed by atoms with Crippen LogP contribution in [0.15, 0.2) is 0 Å². The number of esters is 2. The van der Waals surface area contributed by atoms with Crippen molar-refractivity contribution in [3.63, 3.8) is 0 Å². The van der Waals surface area contributed by atoms with E-state index < -0.39 is 0 Å². The number of carbonyl (C=O) groups excluding carboxylic acids is 2. The van der Waals surface area contributed by atoms with Gasteiger partial charge in [0.2, 0.25) is 0 Å². The molecule has 0 spiro atoms. The van der Waals surface area contributed by atoms with Gasteiger partial charge in [-0.05, 0) is 25.7 Å². The first-order valence-corrected chi connectivity index (χ1v) is 16.5. The van der Waals surface area contributed by atoms with Crippen LogP contribution in [-0.4, -0.2) is 25.2 Å². The highest BCUT2D eigenvalue weighted by atomic mass is 16.5. The van der Waals surface area contributed by atoms with Gasteiger partial charge in [0, 0.05) is 12.8 Å². The Hall–Kier alpha value is -1.06. The van der Waals surface area contributed by atoms with Crippen molar-refractivity contribution >= 4 is 11.9 Å². The van der Waals surface area contributed by atoms with Crippen LogP contribution in [0.3, 0.4) is 0 Å². The molecule has 37 heavy (non-hydrogen) atoms. The molecule has 0 amide bonds. The van der Waals surface area contributed by atoms with Crippen molar-refractivity contribution in [2.24, 2.45) is 0 Å². The molecule has 0 bridgehead atoms. The maximum Gasteiger partial charge on any atom is 0.305 e. The summed E-state index contributed by atoms with van der Waals surface area (Å²) in [6.45, 7) is 5.61. The lowest BCUT2D eigenvalue weighted by molar-refractivity contribution is -0.146. The Balaban J connectivity index is 3.27. The van der Waals surface area contributed by atoms with Crippen molar-refractivity contribution in [2.45, 2.75) is 187 Å². The molecule has 0 unspecified atom stereocenters. The molecule has 4 heteroatoms. The Kier molecular flexibility index (Phi) is 30.3. The van der Waals surface area contributed by atoms with Gasteiger partial charge in [-0.25, -0.2) is 0 Å². The smallest absolute Gasteiger partial charge is 0.305 e. The highest BCUT2D eigenvalue weighted by Crippen LogP contribution is 2.13. The molecular weight excluding hydrogens is 460 g/mol. The van der Waals surface area contributed by atoms with Crippen LogP contribution in [0.2, 0.25) is 0 Å². The normalized spacial score (nSPS) is 11.1. The average molecular weight is 525 g/mol. The van der Waals surface area contributed by atoms with Crippen molar-refractivity contribution in [2.75, 3.05) is 13.2 Å². The molecule has 0 aliphatic rings. The first-order valence-electron chi connectivity index (χ1n) is 16.5. The molecule has 0 radical (unpaired) electrons. The summed E-state index contributed by atoms with van der Waals surface area (Å²) in [7, 11) is 0. The highest BCUT2D eigenvalue weighted by Gasteiger charge is 2.06. The van der Waals surface area contributed by atoms with Crippen LogP contribution >= 0.6 is 0 Å². The zero-order valence-corrected chi connectivity index (χ0v) is 25.1. The molecule has 0 aliphatic heterocycles. The predicted octanol–water partition coefficient (Wildman–Crippen LogP) is 10.6. The summed E-state index contributed by atoms with van der Waals surface area (Å²) < 4.78 is 10.7. The third-order valence-electron chi connectivity index (χ3n) is 7.28. The second kappa shape index (κ2) is 31.2. The SMILES string of the molecule is CCCCCCCCCCCCCCOC(=O)CCCCC(=O)OCCCCCCCCCCCCC. The van der Waals surface area contributed by atoms with Gasteiger partial charge in [0.25, 0.3) is 0 Å². The summed E-state index contributed by atoms with van der Waals surface area (Å²) in [5.74, 6) is -0.255. The minimum atomic E-state index is -0.128. The molecular formula is C33H64O4. The first kappa shape index (κ1) is 35.9. The van der Waals surface area contributed by atoms with E-state index in [4.69, 9.17) is 9.47 Å². The monoisotopic (exact) mass is 524 g/mol. The number of ether oxygens (including phenoxy) is 2. The number of hydrogen-bond acceptors (Lipinski definition) is 4. The number of unbranched alkanes of at least 4 members (excludes halogenated alkanes) is 22. The van der Waals surface area contributed by atoms with E-state index >= 15 is 0 Å². The molecule has 0 rings (SSSR count). The number of rotatable bonds is 30. The van der Waals surface area contributed by atoms with Crippen molar-refractivity contribution < 1.29 is 19.1 Å². The quantitative estimate of drug-likeness (QED) is 0.0692. The van der Waals surface area contributed by atoms with Crippen LogP contribution in [-0.2, 0) is 19.1 Å². The van der Waals surface area contributed by atoms with Gasteiger partial charge in [-0.15, -0.1) is 0 Å². The average Bonchev–Trinajstić information content (AvgIpc) is 2.90. The molecule has 0 saturated carbocycles. The third kappa shape index (κ3) is 31.1. The largest absolute Gasteiger partial charge is 0.466 e. The molecule has 0 atom stereocenters. The van der Waals surface area contributed by atoms with Gasteiger partial charge < -0.3 is 9.47 Å². The zero-order chi connectivity index (χ0) is 27.1. The van der Waals surface area contributed by atoms with Crippen LogP contribution in [0.1, 0.15) is 187 Å². The minimum Gasteiger partial charge on any atom is -0.466 e. The summed E-state index contributed by atoms with van der Waals surface area (Å²) in [4.78, 5) is 23.7. The molecule has 4 nitrogen and oxygen atoms in total. The lowest BCUT2D eigenvalue weighted by atomic mass is 10.1. The highest BCUT2D eigenvalue weighted by molar-refractivity contribution is 5.70. The van der Waals surface area contributed by atoms with E-state index in [9.17, 15) is 9.59 Å². The topological polar surface area (TPSA) is 52.6 Å². The Morgan fingerprint density at radius 3 is 0.865 bits per heavy atom. The molecule has 0 aliphatic carbocycles. The summed E-state index contributed by atoms with van der Waals surface area (Å²) in [6.07, 6.45) is 32.1. The van der Waals surface area contributed by atoms with Crippen LogP contribution in [0.25, 0.3) is 0 Å². The standard InChI is InChI=1S/C33H64O4/c1-3-5-7-9-11-13-15-17-19-21-23-27-31-37-33(35)29-25-24-28-32(34)36-30-26-22-20-18-16-14-12-10-8-6-4-2/h3-31H2,1-2H3. The lowest BCUT2D eigenvalue weighted by Gasteiger charge is -2.06. The fourth-order valence-corrected chi connectivity index (χ4v) is 4.76. The predicted molar refractivity (Wildman–Crippen MR) is 158 cm³/mol. The Morgan fingerprint density at radius 1 is 0.351 bits per heavy atom. The summed E-state index contributed by atoms with van der Waals surface area (Å²) in [5, 5.41) is 0. The van der Waals surface area contributed by atoms with E-state index in [-0.39, 0.29) is 11.9 Å². The fraction of sp³-hybridized carbons (Fsp3) is 0.939. The molecule has 0 N–H and O–H groups in total. The molecule has 220 valence electrons. The second-order valence-corrected chi connectivity index (χ2v) is 11.1. The minimum absolute atomic E-state index is 0.127. The maximum absolute atomic E-state index is 11.8. The lowest BCUT2D eigenvalue weighted by Crippen LogP contribution is -2.08. The first-order chi connectivity index (χ1) is 18.2. The van der Waals surface area contributed by atoms with E-state index in [0.29, 0.717) is 38.9 Å². The van der Waals surface area contributed by atoms with E-state index in [1.165, 1.54) is 122 Å². The molecule has 0 aromatic carbocycles. The molecule has 0 aromatic heterocycles. The molecule has 0 saturated heterocycles. The van der Waals surface area contributed by atoms with Gasteiger partial charge in [0.15, 0.2) is 0 Å². The molecule has 0 fully saturated rings. The van der Waals surface area contributed by atoms with Crippen LogP contribution < -0.4 is 0 Å². The van der Waals surface area contributed by atoms with Gasteiger partial charge >= 0.3 is 11.9 Å². The van der Waals surface area contributed by atoms with Crippen molar-refractivity contribution in [1.29, 1.82) is 0 Å². The summed E-state index contributed by atoms with van der Waals surface area (Å²) >= 11 is 0. The zero-order valence-electron chi connectivity index (χ0n) is 25.1. The number of hydrogen-bond donors (Lipinski definition) is 0. The Bertz CT molecular complexity index is 477. The van der Waals surface area contributed by atoms with Gasteiger partial charge in [-0.1, -0.05) is 149 Å². The Morgan fingerprint density at radius 2 is 0.595 bits per heavy atom. The maximum atomic E-state index is 11.8. The van der Waals surface area contributed by atoms with E-state index in [2.05, 4.69) is 13.8 Å². The third-order valence-corrected chi connectivity index (χ3v) is 7.28. The van der Waals surface area contributed by atoms with Crippen molar-refractivity contribution in [1.82, 2.24) is 0 Å². The van der Waals surface area contributed by atoms with Gasteiger partial charge in [-0.2, -0.15) is 0 Å². The van der Waals surface area contributed by atoms with E-state index in [1.807, 2.05) is 0 Å². The van der Waals surface area contributed by atoms with E-state index in [0.717, 1.165) is 25.7 Å². The van der Waals surface area contributed by atoms with E-state index in [1.54, 1.807) is 0 Å². The van der Waals surface area contributed by atoms with Crippen molar-refractivity contribution in [3.8, 4) is 0 Å². The van der Waals surface area contributed by atoms with Crippen LogP contribution in [0.5, 0.6) is 0 Å². The second-order valence-electron chi connectivity index (χ2n) is 11.1. The fourth-order valence-electron chi connectivity index (χ4n) is 4.76. The summed E-state index contributed by atoms with van der Waals surface area (Å²) in [5.41, 5.74) is 0. The molecule has 0 aromatic rings. The van der Waals surface area contributed by atoms with Crippen molar-refractivity contribution in [3.05, 3.63) is 0 Å². The van der Waals surface area contributed by atoms with Crippen LogP contribution in [0.4, 0.5) is 0 Å². The van der Waals surface area contributed by atoms with Crippen LogP contribution in [0, 0.1) is 0 Å². The van der Waals surface area contributed by atoms with Gasteiger partial charge in [-0.3, -0.25) is 9.59 Å². The summed E-state index contributed by atoms with van der Waals surface area (Å²) in [6, 6.07) is 0. The van der Waals surface area contributed by atoms with Gasteiger partial charge in [0.05, 0.1) is 13.2 Å². The Labute approximate surface area is 231 Å². The van der Waals surface area contributed by atoms with Gasteiger partial charge in [0.1, 0.15) is 0 Å². The number of carbonyl (C=O) groups is 2. The molecule has 0 heterocycles.